The van der Waals surface area contributed by atoms with Gasteiger partial charge in [0.25, 0.3) is 0 Å². The molecule has 3 aromatic heterocycles. The highest BCUT2D eigenvalue weighted by atomic mass is 16.3. The molecule has 11 rings (SSSR count). The van der Waals surface area contributed by atoms with Gasteiger partial charge >= 0.3 is 0 Å². The average Bonchev–Trinajstić information content (AvgIpc) is 3.81. The highest BCUT2D eigenvalue weighted by molar-refractivity contribution is 6.14. The Hall–Kier alpha value is -7.37. The predicted octanol–water partition coefficient (Wildman–Crippen LogP) is 13.2. The molecule has 0 radical (unpaired) electrons. The summed E-state index contributed by atoms with van der Waals surface area (Å²) in [5.41, 5.74) is 10.6. The van der Waals surface area contributed by atoms with Crippen LogP contribution in [0.15, 0.2) is 185 Å². The van der Waals surface area contributed by atoms with Crippen LogP contribution in [0.5, 0.6) is 0 Å². The van der Waals surface area contributed by atoms with Crippen molar-refractivity contribution < 1.29 is 8.83 Å². The summed E-state index contributed by atoms with van der Waals surface area (Å²) in [5, 5.41) is 6.57. The number of fused-ring (bicyclic) bond motifs is 7. The Balaban J connectivity index is 1.07. The Kier molecular flexibility index (Phi) is 6.79. The smallest absolute Gasteiger partial charge is 0.164 e. The Morgan fingerprint density at radius 1 is 0.296 bits per heavy atom. The molecule has 0 aliphatic heterocycles. The second-order valence-electron chi connectivity index (χ2n) is 13.6. The van der Waals surface area contributed by atoms with Gasteiger partial charge in [-0.3, -0.25) is 0 Å². The van der Waals surface area contributed by atoms with Crippen LogP contribution in [0, 0.1) is 0 Å². The second-order valence-corrected chi connectivity index (χ2v) is 13.6. The number of hydrogen-bond acceptors (Lipinski definition) is 5. The fourth-order valence-corrected chi connectivity index (χ4v) is 7.64. The van der Waals surface area contributed by atoms with Gasteiger partial charge in [-0.25, -0.2) is 15.0 Å². The lowest BCUT2D eigenvalue weighted by Crippen LogP contribution is -2.00. The molecule has 0 aliphatic carbocycles. The first-order chi connectivity index (χ1) is 26.7. The van der Waals surface area contributed by atoms with Gasteiger partial charge in [-0.1, -0.05) is 127 Å². The van der Waals surface area contributed by atoms with Gasteiger partial charge < -0.3 is 8.83 Å². The monoisotopic (exact) mass is 691 g/mol. The van der Waals surface area contributed by atoms with E-state index in [2.05, 4.69) is 127 Å². The van der Waals surface area contributed by atoms with Crippen LogP contribution in [0.1, 0.15) is 0 Å². The molecule has 8 aromatic carbocycles. The zero-order valence-corrected chi connectivity index (χ0v) is 28.9. The Bertz CT molecular complexity index is 3210. The molecule has 0 N–H and O–H groups in total. The van der Waals surface area contributed by atoms with E-state index in [1.165, 1.54) is 5.39 Å². The standard InChI is InChI=1S/C49H29N3O2/c1-2-10-30(11-3-1)37-28-40(46-39-15-7-9-17-43(39)54-45(46)29-37)32-19-21-33(22-20-32)47-50-48(35-23-18-31-12-4-5-13-34(31)26-35)52-49(51-47)36-24-25-44-41(27-36)38-14-6-8-16-42(38)53-44/h1-29H. The molecule has 0 atom stereocenters. The molecule has 0 amide bonds. The van der Waals surface area contributed by atoms with Gasteiger partial charge in [0.2, 0.25) is 0 Å². The highest BCUT2D eigenvalue weighted by Crippen LogP contribution is 2.41. The molecular formula is C49H29N3O2. The van der Waals surface area contributed by atoms with Gasteiger partial charge in [0.15, 0.2) is 17.5 Å². The number of nitrogens with zero attached hydrogens (tertiary/aromatic N) is 3. The molecule has 5 nitrogen and oxygen atoms in total. The van der Waals surface area contributed by atoms with Crippen molar-refractivity contribution in [2.75, 3.05) is 0 Å². The van der Waals surface area contributed by atoms with Crippen LogP contribution in [0.2, 0.25) is 0 Å². The molecule has 3 heterocycles. The molecule has 0 saturated heterocycles. The number of para-hydroxylation sites is 2. The SMILES string of the molecule is c1ccc(-c2cc(-c3ccc(-c4nc(-c5ccc6ccccc6c5)nc(-c5ccc6oc7ccccc7c6c5)n4)cc3)c3c(c2)oc2ccccc23)cc1. The molecule has 0 unspecified atom stereocenters. The molecule has 11 aromatic rings. The summed E-state index contributed by atoms with van der Waals surface area (Å²) in [6, 6.07) is 60.6. The summed E-state index contributed by atoms with van der Waals surface area (Å²) in [7, 11) is 0. The van der Waals surface area contributed by atoms with E-state index in [1.807, 2.05) is 48.5 Å². The maximum absolute atomic E-state index is 6.42. The topological polar surface area (TPSA) is 65.0 Å². The number of hydrogen-bond donors (Lipinski definition) is 0. The van der Waals surface area contributed by atoms with E-state index >= 15 is 0 Å². The van der Waals surface area contributed by atoms with Crippen molar-refractivity contribution >= 4 is 54.6 Å². The molecule has 0 fully saturated rings. The molecule has 252 valence electrons. The van der Waals surface area contributed by atoms with E-state index in [-0.39, 0.29) is 0 Å². The summed E-state index contributed by atoms with van der Waals surface area (Å²) in [6.07, 6.45) is 0. The van der Waals surface area contributed by atoms with E-state index in [0.717, 1.165) is 88.2 Å². The lowest BCUT2D eigenvalue weighted by atomic mass is 9.94. The number of rotatable bonds is 5. The first kappa shape index (κ1) is 30.3. The quantitative estimate of drug-likeness (QED) is 0.180. The van der Waals surface area contributed by atoms with E-state index in [1.54, 1.807) is 0 Å². The molecule has 0 aliphatic rings. The van der Waals surface area contributed by atoms with Crippen molar-refractivity contribution in [3.8, 4) is 56.4 Å². The van der Waals surface area contributed by atoms with Gasteiger partial charge in [0, 0.05) is 38.2 Å². The van der Waals surface area contributed by atoms with Crippen molar-refractivity contribution in [1.29, 1.82) is 0 Å². The Morgan fingerprint density at radius 3 is 1.65 bits per heavy atom. The summed E-state index contributed by atoms with van der Waals surface area (Å²) < 4.78 is 12.6. The number of benzene rings is 8. The zero-order chi connectivity index (χ0) is 35.6. The zero-order valence-electron chi connectivity index (χ0n) is 28.9. The molecule has 5 heteroatoms. The normalized spacial score (nSPS) is 11.7. The number of aromatic nitrogens is 3. The lowest BCUT2D eigenvalue weighted by molar-refractivity contribution is 0.668. The van der Waals surface area contributed by atoms with Gasteiger partial charge in [-0.2, -0.15) is 0 Å². The third-order valence-corrected chi connectivity index (χ3v) is 10.3. The minimum atomic E-state index is 0.599. The van der Waals surface area contributed by atoms with Crippen LogP contribution in [-0.4, -0.2) is 15.0 Å². The van der Waals surface area contributed by atoms with Crippen molar-refractivity contribution in [2.45, 2.75) is 0 Å². The maximum Gasteiger partial charge on any atom is 0.164 e. The highest BCUT2D eigenvalue weighted by Gasteiger charge is 2.18. The Labute approximate surface area is 309 Å². The molecular weight excluding hydrogens is 663 g/mol. The van der Waals surface area contributed by atoms with E-state index in [4.69, 9.17) is 23.8 Å². The fourth-order valence-electron chi connectivity index (χ4n) is 7.64. The third kappa shape index (κ3) is 5.06. The average molecular weight is 692 g/mol. The van der Waals surface area contributed by atoms with Gasteiger partial charge in [0.05, 0.1) is 0 Å². The fraction of sp³-hybridized carbons (Fsp3) is 0. The minimum Gasteiger partial charge on any atom is -0.456 e. The van der Waals surface area contributed by atoms with Crippen LogP contribution < -0.4 is 0 Å². The van der Waals surface area contributed by atoms with Crippen molar-refractivity contribution in [3.05, 3.63) is 176 Å². The number of furan rings is 2. The molecule has 54 heavy (non-hydrogen) atoms. The summed E-state index contributed by atoms with van der Waals surface area (Å²) in [4.78, 5) is 15.3. The maximum atomic E-state index is 6.42. The minimum absolute atomic E-state index is 0.599. The first-order valence-corrected chi connectivity index (χ1v) is 18.0. The molecule has 0 spiro atoms. The molecule has 0 bridgehead atoms. The second kappa shape index (κ2) is 12.1. The Morgan fingerprint density at radius 2 is 0.852 bits per heavy atom. The lowest BCUT2D eigenvalue weighted by Gasteiger charge is -2.11. The van der Waals surface area contributed by atoms with Crippen molar-refractivity contribution in [2.24, 2.45) is 0 Å². The van der Waals surface area contributed by atoms with Gasteiger partial charge in [-0.15, -0.1) is 0 Å². The molecule has 0 saturated carbocycles. The van der Waals surface area contributed by atoms with Crippen LogP contribution in [-0.2, 0) is 0 Å². The van der Waals surface area contributed by atoms with Crippen LogP contribution in [0.25, 0.3) is 111 Å². The van der Waals surface area contributed by atoms with E-state index < -0.39 is 0 Å². The van der Waals surface area contributed by atoms with Crippen LogP contribution >= 0.6 is 0 Å². The summed E-state index contributed by atoms with van der Waals surface area (Å²) >= 11 is 0. The van der Waals surface area contributed by atoms with Crippen LogP contribution in [0.4, 0.5) is 0 Å². The van der Waals surface area contributed by atoms with Crippen molar-refractivity contribution in [1.82, 2.24) is 15.0 Å². The first-order valence-electron chi connectivity index (χ1n) is 18.0. The summed E-state index contributed by atoms with van der Waals surface area (Å²) in [6.45, 7) is 0. The summed E-state index contributed by atoms with van der Waals surface area (Å²) in [5.74, 6) is 1.81. The van der Waals surface area contributed by atoms with Gasteiger partial charge in [0.1, 0.15) is 22.3 Å². The van der Waals surface area contributed by atoms with E-state index in [0.29, 0.717) is 17.5 Å². The predicted molar refractivity (Wildman–Crippen MR) is 219 cm³/mol. The largest absolute Gasteiger partial charge is 0.456 e. The van der Waals surface area contributed by atoms with Gasteiger partial charge in [-0.05, 0) is 81.6 Å². The van der Waals surface area contributed by atoms with Crippen molar-refractivity contribution in [3.63, 3.8) is 0 Å². The third-order valence-electron chi connectivity index (χ3n) is 10.3. The van der Waals surface area contributed by atoms with E-state index in [9.17, 15) is 0 Å². The van der Waals surface area contributed by atoms with Crippen LogP contribution in [0.3, 0.4) is 0 Å².